The highest BCUT2D eigenvalue weighted by Gasteiger charge is 2.51. The first-order valence-electron chi connectivity index (χ1n) is 4.16. The first-order chi connectivity index (χ1) is 5.77. The van der Waals surface area contributed by atoms with Crippen molar-refractivity contribution in [3.63, 3.8) is 0 Å². The minimum Gasteiger partial charge on any atom is -0.467 e. The summed E-state index contributed by atoms with van der Waals surface area (Å²) in [5.41, 5.74) is -0.780. The molecule has 1 saturated heterocycles. The number of esters is 1. The van der Waals surface area contributed by atoms with Crippen LogP contribution in [0.15, 0.2) is 0 Å². The second kappa shape index (κ2) is 2.71. The number of carbonyl (C=O) groups is 1. The van der Waals surface area contributed by atoms with Gasteiger partial charge >= 0.3 is 5.97 Å². The largest absolute Gasteiger partial charge is 0.467 e. The van der Waals surface area contributed by atoms with Crippen LogP contribution in [0.1, 0.15) is 19.3 Å². The number of ether oxygens (including phenoxy) is 1. The molecule has 0 N–H and O–H groups in total. The fourth-order valence-corrected chi connectivity index (χ4v) is 1.97. The maximum absolute atomic E-state index is 11.3. The van der Waals surface area contributed by atoms with E-state index in [2.05, 4.69) is 4.74 Å². The third-order valence-electron chi connectivity index (χ3n) is 2.65. The first-order valence-corrected chi connectivity index (χ1v) is 4.16. The van der Waals surface area contributed by atoms with Gasteiger partial charge in [-0.1, -0.05) is 0 Å². The van der Waals surface area contributed by atoms with E-state index < -0.39 is 5.60 Å². The van der Waals surface area contributed by atoms with Crippen molar-refractivity contribution in [3.05, 3.63) is 0 Å². The van der Waals surface area contributed by atoms with Crippen LogP contribution in [0.4, 0.5) is 0 Å². The van der Waals surface area contributed by atoms with Crippen LogP contribution in [-0.4, -0.2) is 25.3 Å². The van der Waals surface area contributed by atoms with Crippen molar-refractivity contribution in [1.29, 1.82) is 0 Å². The van der Waals surface area contributed by atoms with Gasteiger partial charge in [-0.05, 0) is 25.2 Å². The number of carbonyl (C=O) groups excluding carboxylic acids is 1. The Morgan fingerprint density at radius 1 is 1.67 bits per heavy atom. The maximum atomic E-state index is 11.3. The second-order valence-corrected chi connectivity index (χ2v) is 3.46. The predicted octanol–water partition coefficient (Wildman–Crippen LogP) is 0.660. The molecule has 2 fully saturated rings. The Balaban J connectivity index is 2.15. The van der Waals surface area contributed by atoms with Crippen LogP contribution in [0.25, 0.3) is 0 Å². The fraction of sp³-hybridized carbons (Fsp3) is 0.875. The summed E-state index contributed by atoms with van der Waals surface area (Å²) in [6.45, 7) is 0.610. The van der Waals surface area contributed by atoms with Crippen molar-refractivity contribution in [1.82, 2.24) is 0 Å². The van der Waals surface area contributed by atoms with Gasteiger partial charge in [0.25, 0.3) is 0 Å². The number of rotatable bonds is 1. The summed E-state index contributed by atoms with van der Waals surface area (Å²) in [7, 11) is 1.38. The standard InChI is InChI=1S/C8H12O4/c1-10-7(9)8-3-2-6(4-8)5-11-12-8/h6H,2-5H2,1H3. The zero-order valence-electron chi connectivity index (χ0n) is 7.04. The summed E-state index contributed by atoms with van der Waals surface area (Å²) in [5, 5.41) is 0. The molecular weight excluding hydrogens is 160 g/mol. The van der Waals surface area contributed by atoms with E-state index in [9.17, 15) is 4.79 Å². The van der Waals surface area contributed by atoms with Gasteiger partial charge in [-0.2, -0.15) is 0 Å². The van der Waals surface area contributed by atoms with Gasteiger partial charge in [-0.15, -0.1) is 0 Å². The SMILES string of the molecule is COC(=O)C12CCC(COO1)C2. The molecule has 0 amide bonds. The summed E-state index contributed by atoms with van der Waals surface area (Å²) in [6, 6.07) is 0. The molecule has 4 heteroatoms. The molecule has 0 aromatic rings. The van der Waals surface area contributed by atoms with Crippen molar-refractivity contribution < 1.29 is 19.3 Å². The Labute approximate surface area is 70.7 Å². The third-order valence-corrected chi connectivity index (χ3v) is 2.65. The zero-order chi connectivity index (χ0) is 8.60. The van der Waals surface area contributed by atoms with Gasteiger partial charge < -0.3 is 4.74 Å². The van der Waals surface area contributed by atoms with E-state index in [0.717, 1.165) is 19.3 Å². The smallest absolute Gasteiger partial charge is 0.341 e. The number of hydrogen-bond donors (Lipinski definition) is 0. The highest BCUT2D eigenvalue weighted by molar-refractivity contribution is 5.79. The van der Waals surface area contributed by atoms with E-state index in [-0.39, 0.29) is 5.97 Å². The highest BCUT2D eigenvalue weighted by Crippen LogP contribution is 2.42. The zero-order valence-corrected chi connectivity index (χ0v) is 7.04. The lowest BCUT2D eigenvalue weighted by molar-refractivity contribution is -0.372. The van der Waals surface area contributed by atoms with E-state index >= 15 is 0 Å². The molecule has 1 heterocycles. The van der Waals surface area contributed by atoms with Gasteiger partial charge in [-0.25, -0.2) is 14.6 Å². The Kier molecular flexibility index (Phi) is 1.81. The minimum absolute atomic E-state index is 0.301. The third kappa shape index (κ3) is 1.03. The van der Waals surface area contributed by atoms with Crippen molar-refractivity contribution in [2.45, 2.75) is 24.9 Å². The van der Waals surface area contributed by atoms with Crippen molar-refractivity contribution in [2.24, 2.45) is 5.92 Å². The average molecular weight is 172 g/mol. The molecule has 12 heavy (non-hydrogen) atoms. The molecule has 4 nitrogen and oxygen atoms in total. The van der Waals surface area contributed by atoms with Crippen LogP contribution in [0.2, 0.25) is 0 Å². The molecule has 68 valence electrons. The molecule has 0 radical (unpaired) electrons. The Bertz CT molecular complexity index is 199. The van der Waals surface area contributed by atoms with Gasteiger partial charge in [0.2, 0.25) is 5.60 Å². The molecule has 0 aromatic carbocycles. The molecule has 1 aliphatic carbocycles. The Hall–Kier alpha value is -0.610. The van der Waals surface area contributed by atoms with E-state index in [1.54, 1.807) is 0 Å². The van der Waals surface area contributed by atoms with Crippen LogP contribution >= 0.6 is 0 Å². The molecule has 2 rings (SSSR count). The first kappa shape index (κ1) is 8.01. The summed E-state index contributed by atoms with van der Waals surface area (Å²) < 4.78 is 4.67. The molecule has 0 aromatic heterocycles. The number of fused-ring (bicyclic) bond motifs is 2. The Morgan fingerprint density at radius 3 is 3.25 bits per heavy atom. The molecule has 1 aliphatic heterocycles. The van der Waals surface area contributed by atoms with Crippen LogP contribution in [-0.2, 0) is 19.3 Å². The van der Waals surface area contributed by atoms with Crippen LogP contribution in [0.5, 0.6) is 0 Å². The van der Waals surface area contributed by atoms with Gasteiger partial charge in [0, 0.05) is 0 Å². The summed E-state index contributed by atoms with van der Waals surface area (Å²) >= 11 is 0. The molecule has 2 aliphatic rings. The fourth-order valence-electron chi connectivity index (χ4n) is 1.97. The topological polar surface area (TPSA) is 44.8 Å². The summed E-state index contributed by atoms with van der Waals surface area (Å²) in [6.07, 6.45) is 2.47. The number of methoxy groups -OCH3 is 1. The quantitative estimate of drug-likeness (QED) is 0.430. The van der Waals surface area contributed by atoms with E-state index in [0.29, 0.717) is 12.5 Å². The lowest BCUT2D eigenvalue weighted by Crippen LogP contribution is -2.42. The molecule has 0 spiro atoms. The summed E-state index contributed by atoms with van der Waals surface area (Å²) in [5.74, 6) is 0.169. The molecule has 2 unspecified atom stereocenters. The van der Waals surface area contributed by atoms with Crippen molar-refractivity contribution in [3.8, 4) is 0 Å². The van der Waals surface area contributed by atoms with E-state index in [4.69, 9.17) is 9.78 Å². The second-order valence-electron chi connectivity index (χ2n) is 3.46. The molecule has 1 saturated carbocycles. The van der Waals surface area contributed by atoms with Gasteiger partial charge in [-0.3, -0.25) is 0 Å². The van der Waals surface area contributed by atoms with Gasteiger partial charge in [0.05, 0.1) is 13.7 Å². The van der Waals surface area contributed by atoms with E-state index in [1.807, 2.05) is 0 Å². The van der Waals surface area contributed by atoms with E-state index in [1.165, 1.54) is 7.11 Å². The average Bonchev–Trinajstić information content (AvgIpc) is 2.42. The lowest BCUT2D eigenvalue weighted by atomic mass is 10.0. The molecule has 2 bridgehead atoms. The summed E-state index contributed by atoms with van der Waals surface area (Å²) in [4.78, 5) is 21.2. The van der Waals surface area contributed by atoms with Crippen LogP contribution < -0.4 is 0 Å². The molecule has 2 atom stereocenters. The Morgan fingerprint density at radius 2 is 2.50 bits per heavy atom. The monoisotopic (exact) mass is 172 g/mol. The van der Waals surface area contributed by atoms with Gasteiger partial charge in [0.1, 0.15) is 0 Å². The normalized spacial score (nSPS) is 39.6. The highest BCUT2D eigenvalue weighted by atomic mass is 17.2. The lowest BCUT2D eigenvalue weighted by Gasteiger charge is -2.28. The predicted molar refractivity (Wildman–Crippen MR) is 39.1 cm³/mol. The van der Waals surface area contributed by atoms with Crippen molar-refractivity contribution >= 4 is 5.97 Å². The van der Waals surface area contributed by atoms with Gasteiger partial charge in [0.15, 0.2) is 0 Å². The van der Waals surface area contributed by atoms with Crippen LogP contribution in [0.3, 0.4) is 0 Å². The molecular formula is C8H12O4. The number of hydrogen-bond acceptors (Lipinski definition) is 4. The maximum Gasteiger partial charge on any atom is 0.341 e. The minimum atomic E-state index is -0.780. The van der Waals surface area contributed by atoms with Crippen molar-refractivity contribution in [2.75, 3.05) is 13.7 Å². The van der Waals surface area contributed by atoms with Crippen LogP contribution in [0, 0.1) is 5.92 Å².